The molecule has 2 aromatic heterocycles. The van der Waals surface area contributed by atoms with Crippen LogP contribution in [0, 0.1) is 0 Å². The Morgan fingerprint density at radius 3 is 2.56 bits per heavy atom. The van der Waals surface area contributed by atoms with Crippen LogP contribution < -0.4 is 0 Å². The number of ketones is 1. The molecule has 0 aliphatic heterocycles. The first-order chi connectivity index (χ1) is 8.68. The molecule has 2 rings (SSSR count). The predicted molar refractivity (Wildman–Crippen MR) is 68.9 cm³/mol. The Labute approximate surface area is 106 Å². The maximum Gasteiger partial charge on any atom is 0.230 e. The maximum absolute atomic E-state index is 12.3. The lowest BCUT2D eigenvalue weighted by Crippen LogP contribution is -2.08. The standard InChI is InChI=1S/C14H14N2O2/c1-16(2)10-12(11-5-7-15-8-6-11)14(17)13-4-3-9-18-13/h3-10H,1-2H3/b12-10+. The summed E-state index contributed by atoms with van der Waals surface area (Å²) < 4.78 is 5.15. The monoisotopic (exact) mass is 242 g/mol. The van der Waals surface area contributed by atoms with Crippen LogP contribution in [0.1, 0.15) is 16.1 Å². The fourth-order valence-corrected chi connectivity index (χ4v) is 1.59. The molecule has 4 heteroatoms. The molecule has 0 atom stereocenters. The van der Waals surface area contributed by atoms with Crippen molar-refractivity contribution in [2.24, 2.45) is 0 Å². The molecule has 2 heterocycles. The second-order valence-electron chi connectivity index (χ2n) is 4.05. The van der Waals surface area contributed by atoms with E-state index in [4.69, 9.17) is 4.42 Å². The topological polar surface area (TPSA) is 46.3 Å². The first kappa shape index (κ1) is 12.1. The van der Waals surface area contributed by atoms with Crippen LogP contribution in [0.4, 0.5) is 0 Å². The van der Waals surface area contributed by atoms with Gasteiger partial charge in [0, 0.05) is 38.3 Å². The van der Waals surface area contributed by atoms with Crippen molar-refractivity contribution in [1.82, 2.24) is 9.88 Å². The van der Waals surface area contributed by atoms with E-state index in [9.17, 15) is 4.79 Å². The minimum Gasteiger partial charge on any atom is -0.461 e. The Hall–Kier alpha value is -2.36. The van der Waals surface area contributed by atoms with Gasteiger partial charge in [0.05, 0.1) is 6.26 Å². The molecule has 0 N–H and O–H groups in total. The molecular formula is C14H14N2O2. The summed E-state index contributed by atoms with van der Waals surface area (Å²) in [7, 11) is 3.74. The number of allylic oxidation sites excluding steroid dienone is 1. The number of hydrogen-bond donors (Lipinski definition) is 0. The van der Waals surface area contributed by atoms with Crippen LogP contribution in [0.2, 0.25) is 0 Å². The van der Waals surface area contributed by atoms with Crippen molar-refractivity contribution < 1.29 is 9.21 Å². The van der Waals surface area contributed by atoms with Crippen LogP contribution in [0.3, 0.4) is 0 Å². The van der Waals surface area contributed by atoms with Crippen molar-refractivity contribution in [3.8, 4) is 0 Å². The fraction of sp³-hybridized carbons (Fsp3) is 0.143. The number of pyridine rings is 1. The lowest BCUT2D eigenvalue weighted by Gasteiger charge is -2.10. The molecule has 4 nitrogen and oxygen atoms in total. The van der Waals surface area contributed by atoms with Gasteiger partial charge in [-0.2, -0.15) is 0 Å². The predicted octanol–water partition coefficient (Wildman–Crippen LogP) is 2.46. The van der Waals surface area contributed by atoms with Crippen LogP contribution in [-0.2, 0) is 0 Å². The van der Waals surface area contributed by atoms with E-state index in [2.05, 4.69) is 4.98 Å². The molecule has 92 valence electrons. The van der Waals surface area contributed by atoms with E-state index < -0.39 is 0 Å². The van der Waals surface area contributed by atoms with Gasteiger partial charge in [-0.25, -0.2) is 0 Å². The van der Waals surface area contributed by atoms with E-state index in [0.29, 0.717) is 11.3 Å². The summed E-state index contributed by atoms with van der Waals surface area (Å²) in [4.78, 5) is 18.1. The van der Waals surface area contributed by atoms with Gasteiger partial charge in [-0.3, -0.25) is 9.78 Å². The Kier molecular flexibility index (Phi) is 3.57. The molecule has 0 fully saturated rings. The highest BCUT2D eigenvalue weighted by atomic mass is 16.3. The van der Waals surface area contributed by atoms with E-state index in [1.165, 1.54) is 6.26 Å². The summed E-state index contributed by atoms with van der Waals surface area (Å²) in [6.45, 7) is 0. The third kappa shape index (κ3) is 2.66. The van der Waals surface area contributed by atoms with E-state index >= 15 is 0 Å². The summed E-state index contributed by atoms with van der Waals surface area (Å²) in [5.41, 5.74) is 1.40. The molecule has 18 heavy (non-hydrogen) atoms. The molecule has 0 amide bonds. The van der Waals surface area contributed by atoms with Gasteiger partial charge in [0.15, 0.2) is 5.76 Å². The average Bonchev–Trinajstić information content (AvgIpc) is 2.90. The van der Waals surface area contributed by atoms with Gasteiger partial charge in [-0.15, -0.1) is 0 Å². The highest BCUT2D eigenvalue weighted by Gasteiger charge is 2.17. The zero-order valence-corrected chi connectivity index (χ0v) is 10.3. The quantitative estimate of drug-likeness (QED) is 0.610. The van der Waals surface area contributed by atoms with E-state index in [1.54, 1.807) is 42.9 Å². The van der Waals surface area contributed by atoms with Crippen LogP contribution >= 0.6 is 0 Å². The van der Waals surface area contributed by atoms with Crippen molar-refractivity contribution >= 4 is 11.4 Å². The highest BCUT2D eigenvalue weighted by molar-refractivity contribution is 6.27. The third-order valence-corrected chi connectivity index (χ3v) is 2.37. The minimum atomic E-state index is -0.139. The number of hydrogen-bond acceptors (Lipinski definition) is 4. The van der Waals surface area contributed by atoms with Gasteiger partial charge in [-0.1, -0.05) is 0 Å². The molecule has 0 aliphatic carbocycles. The van der Waals surface area contributed by atoms with Gasteiger partial charge >= 0.3 is 0 Å². The Morgan fingerprint density at radius 1 is 1.28 bits per heavy atom. The molecular weight excluding hydrogens is 228 g/mol. The van der Waals surface area contributed by atoms with Crippen molar-refractivity contribution in [2.45, 2.75) is 0 Å². The first-order valence-electron chi connectivity index (χ1n) is 5.55. The molecule has 0 spiro atoms. The summed E-state index contributed by atoms with van der Waals surface area (Å²) >= 11 is 0. The third-order valence-electron chi connectivity index (χ3n) is 2.37. The van der Waals surface area contributed by atoms with Gasteiger partial charge in [0.2, 0.25) is 5.78 Å². The minimum absolute atomic E-state index is 0.139. The molecule has 0 saturated heterocycles. The zero-order valence-electron chi connectivity index (χ0n) is 10.3. The van der Waals surface area contributed by atoms with Crippen LogP contribution in [0.15, 0.2) is 53.5 Å². The molecule has 0 bridgehead atoms. The molecule has 0 saturated carbocycles. The molecule has 0 aliphatic rings. The van der Waals surface area contributed by atoms with Crippen molar-refractivity contribution in [3.63, 3.8) is 0 Å². The van der Waals surface area contributed by atoms with Crippen LogP contribution in [0.25, 0.3) is 5.57 Å². The average molecular weight is 242 g/mol. The van der Waals surface area contributed by atoms with E-state index in [0.717, 1.165) is 5.56 Å². The van der Waals surface area contributed by atoms with Crippen molar-refractivity contribution in [1.29, 1.82) is 0 Å². The SMILES string of the molecule is CN(C)/C=C(/C(=O)c1ccco1)c1ccncc1. The van der Waals surface area contributed by atoms with Gasteiger partial charge < -0.3 is 9.32 Å². The largest absolute Gasteiger partial charge is 0.461 e. The Bertz CT molecular complexity index is 542. The number of carbonyl (C=O) groups excluding carboxylic acids is 1. The Morgan fingerprint density at radius 2 is 2.00 bits per heavy atom. The molecule has 2 aromatic rings. The van der Waals surface area contributed by atoms with Crippen LogP contribution in [0.5, 0.6) is 0 Å². The number of nitrogens with zero attached hydrogens (tertiary/aromatic N) is 2. The summed E-state index contributed by atoms with van der Waals surface area (Å²) in [5, 5.41) is 0. The van der Waals surface area contributed by atoms with Gasteiger partial charge in [-0.05, 0) is 29.8 Å². The van der Waals surface area contributed by atoms with E-state index in [-0.39, 0.29) is 5.78 Å². The van der Waals surface area contributed by atoms with Gasteiger partial charge in [0.25, 0.3) is 0 Å². The number of furan rings is 1. The number of Topliss-reactive ketones (excluding diaryl/α,β-unsaturated/α-hetero) is 1. The summed E-state index contributed by atoms with van der Waals surface area (Å²) in [6, 6.07) is 6.96. The van der Waals surface area contributed by atoms with Crippen LogP contribution in [-0.4, -0.2) is 29.8 Å². The lowest BCUT2D eigenvalue weighted by atomic mass is 10.0. The van der Waals surface area contributed by atoms with E-state index in [1.807, 2.05) is 19.0 Å². The molecule has 0 unspecified atom stereocenters. The highest BCUT2D eigenvalue weighted by Crippen LogP contribution is 2.19. The summed E-state index contributed by atoms with van der Waals surface area (Å²) in [5.74, 6) is 0.194. The second kappa shape index (κ2) is 5.31. The molecule has 0 aromatic carbocycles. The second-order valence-corrected chi connectivity index (χ2v) is 4.05. The molecule has 0 radical (unpaired) electrons. The fourth-order valence-electron chi connectivity index (χ4n) is 1.59. The zero-order chi connectivity index (χ0) is 13.0. The smallest absolute Gasteiger partial charge is 0.230 e. The lowest BCUT2D eigenvalue weighted by molar-refractivity contribution is 0.103. The van der Waals surface area contributed by atoms with Crippen molar-refractivity contribution in [3.05, 3.63) is 60.4 Å². The maximum atomic E-state index is 12.3. The number of carbonyl (C=O) groups is 1. The summed E-state index contributed by atoms with van der Waals surface area (Å²) in [6.07, 6.45) is 6.59. The first-order valence-corrected chi connectivity index (χ1v) is 5.55. The van der Waals surface area contributed by atoms with Gasteiger partial charge in [0.1, 0.15) is 0 Å². The van der Waals surface area contributed by atoms with Crippen molar-refractivity contribution in [2.75, 3.05) is 14.1 Å². The normalized spacial score (nSPS) is 11.3. The Balaban J connectivity index is 2.42. The number of rotatable bonds is 4. The number of aromatic nitrogens is 1.